The van der Waals surface area contributed by atoms with Crippen LogP contribution in [0.1, 0.15) is 24.0 Å². The predicted molar refractivity (Wildman–Crippen MR) is 118 cm³/mol. The molecule has 31 heavy (non-hydrogen) atoms. The number of amides is 1. The van der Waals surface area contributed by atoms with Gasteiger partial charge in [-0.05, 0) is 6.42 Å². The molecule has 1 fully saturated rings. The summed E-state index contributed by atoms with van der Waals surface area (Å²) in [5, 5.41) is 22.2. The Kier molecular flexibility index (Phi) is 6.30. The number of nitriles is 1. The summed E-state index contributed by atoms with van der Waals surface area (Å²) in [4.78, 5) is 30.9. The van der Waals surface area contributed by atoms with Crippen LogP contribution in [0.5, 0.6) is 0 Å². The maximum absolute atomic E-state index is 13.2. The zero-order chi connectivity index (χ0) is 22.6. The van der Waals surface area contributed by atoms with Gasteiger partial charge in [-0.3, -0.25) is 19.9 Å². The van der Waals surface area contributed by atoms with Gasteiger partial charge in [0.25, 0.3) is 0 Å². The summed E-state index contributed by atoms with van der Waals surface area (Å²) in [5.74, 6) is -0.503. The second-order valence-electron chi connectivity index (χ2n) is 7.92. The second-order valence-corrected chi connectivity index (χ2v) is 7.92. The topological polar surface area (TPSA) is 99.6 Å². The molecular weight excluding hydrogens is 392 g/mol. The van der Waals surface area contributed by atoms with Crippen molar-refractivity contribution in [2.45, 2.75) is 24.9 Å². The van der Waals surface area contributed by atoms with Gasteiger partial charge in [-0.2, -0.15) is 5.26 Å². The highest BCUT2D eigenvalue weighted by molar-refractivity contribution is 6.13. The third-order valence-corrected chi connectivity index (χ3v) is 5.52. The van der Waals surface area contributed by atoms with E-state index >= 15 is 0 Å². The predicted octanol–water partition coefficient (Wildman–Crippen LogP) is 3.49. The van der Waals surface area contributed by atoms with Crippen LogP contribution in [0, 0.1) is 26.9 Å². The van der Waals surface area contributed by atoms with Crippen LogP contribution >= 0.6 is 0 Å². The molecule has 7 heteroatoms. The number of aliphatic imine (C=N–C) groups is 1. The smallest absolute Gasteiger partial charge is 0.245 e. The van der Waals surface area contributed by atoms with Crippen molar-refractivity contribution in [2.75, 3.05) is 14.1 Å². The molecule has 0 aliphatic heterocycles. The molecule has 0 heterocycles. The molecule has 0 saturated heterocycles. The Bertz CT molecular complexity index is 1020. The number of rotatable bonds is 5. The highest BCUT2D eigenvalue weighted by Crippen LogP contribution is 2.43. The molecule has 7 nitrogen and oxygen atoms in total. The monoisotopic (exact) mass is 416 g/mol. The molecule has 3 rings (SSSR count). The van der Waals surface area contributed by atoms with Gasteiger partial charge in [-0.25, -0.2) is 0 Å². The molecule has 2 aromatic carbocycles. The summed E-state index contributed by atoms with van der Waals surface area (Å²) >= 11 is 0. The number of nitrogens with zero attached hydrogens (tertiary/aromatic N) is 4. The van der Waals surface area contributed by atoms with E-state index in [-0.39, 0.29) is 12.8 Å². The van der Waals surface area contributed by atoms with Gasteiger partial charge in [0.1, 0.15) is 6.04 Å². The standard InChI is InChI=1S/C24H24N4O3/c1-17-14-20(28(30)31)22(24(15-17,16-25)23(29)27(2)3)26-21(18-10-6-4-7-11-18)19-12-8-5-9-13-19/h4-13,20,22H,1,14-15H2,2-3H3/t20-,22+,24-/m0/s1. The Labute approximate surface area is 181 Å². The maximum atomic E-state index is 13.2. The van der Waals surface area contributed by atoms with E-state index in [0.29, 0.717) is 11.3 Å². The Morgan fingerprint density at radius 3 is 2.10 bits per heavy atom. The number of nitro groups is 1. The van der Waals surface area contributed by atoms with E-state index < -0.39 is 28.3 Å². The van der Waals surface area contributed by atoms with Gasteiger partial charge < -0.3 is 4.90 Å². The normalized spacial score (nSPS) is 22.8. The van der Waals surface area contributed by atoms with Gasteiger partial charge >= 0.3 is 0 Å². The zero-order valence-corrected chi connectivity index (χ0v) is 17.6. The Balaban J connectivity index is 2.29. The number of hydrogen-bond donors (Lipinski definition) is 0. The highest BCUT2D eigenvalue weighted by atomic mass is 16.6. The molecule has 1 aliphatic carbocycles. The summed E-state index contributed by atoms with van der Waals surface area (Å²) in [6.45, 7) is 3.89. The summed E-state index contributed by atoms with van der Waals surface area (Å²) in [6, 6.07) is 18.3. The molecule has 0 spiro atoms. The van der Waals surface area contributed by atoms with Gasteiger partial charge in [0.2, 0.25) is 11.9 Å². The molecule has 0 aromatic heterocycles. The molecule has 1 aliphatic rings. The van der Waals surface area contributed by atoms with E-state index in [1.165, 1.54) is 19.0 Å². The van der Waals surface area contributed by atoms with Crippen molar-refractivity contribution in [3.05, 3.63) is 94.1 Å². The first-order valence-corrected chi connectivity index (χ1v) is 9.92. The molecule has 158 valence electrons. The van der Waals surface area contributed by atoms with Gasteiger partial charge in [0, 0.05) is 36.6 Å². The van der Waals surface area contributed by atoms with Crippen molar-refractivity contribution >= 4 is 11.6 Å². The number of benzene rings is 2. The van der Waals surface area contributed by atoms with E-state index in [9.17, 15) is 20.2 Å². The molecule has 1 saturated carbocycles. The molecule has 0 radical (unpaired) electrons. The van der Waals surface area contributed by atoms with Crippen LogP contribution in [0.2, 0.25) is 0 Å². The minimum Gasteiger partial charge on any atom is -0.347 e. The van der Waals surface area contributed by atoms with Gasteiger partial charge in [-0.1, -0.05) is 72.8 Å². The number of carbonyl (C=O) groups excluding carboxylic acids is 1. The van der Waals surface area contributed by atoms with Crippen LogP contribution in [0.4, 0.5) is 0 Å². The van der Waals surface area contributed by atoms with Crippen LogP contribution < -0.4 is 0 Å². The molecule has 0 N–H and O–H groups in total. The molecular formula is C24H24N4O3. The van der Waals surface area contributed by atoms with Crippen molar-refractivity contribution in [1.29, 1.82) is 5.26 Å². The lowest BCUT2D eigenvalue weighted by molar-refractivity contribution is -0.528. The van der Waals surface area contributed by atoms with Crippen molar-refractivity contribution in [2.24, 2.45) is 10.4 Å². The molecule has 1 amide bonds. The largest absolute Gasteiger partial charge is 0.347 e. The summed E-state index contributed by atoms with van der Waals surface area (Å²) < 4.78 is 0. The first-order valence-electron chi connectivity index (χ1n) is 9.92. The fourth-order valence-electron chi connectivity index (χ4n) is 4.09. The number of hydrogen-bond acceptors (Lipinski definition) is 5. The Hall–Kier alpha value is -3.79. The van der Waals surface area contributed by atoms with Crippen LogP contribution in [-0.2, 0) is 4.79 Å². The van der Waals surface area contributed by atoms with E-state index in [1.807, 2.05) is 60.7 Å². The van der Waals surface area contributed by atoms with Crippen molar-refractivity contribution < 1.29 is 9.72 Å². The van der Waals surface area contributed by atoms with Gasteiger partial charge in [0.15, 0.2) is 5.41 Å². The quantitative estimate of drug-likeness (QED) is 0.322. The highest BCUT2D eigenvalue weighted by Gasteiger charge is 2.58. The zero-order valence-electron chi connectivity index (χ0n) is 17.6. The van der Waals surface area contributed by atoms with Crippen molar-refractivity contribution in [3.8, 4) is 6.07 Å². The lowest BCUT2D eigenvalue weighted by atomic mass is 9.66. The lowest BCUT2D eigenvalue weighted by Crippen LogP contribution is -2.56. The second kappa shape index (κ2) is 8.92. The van der Waals surface area contributed by atoms with Crippen LogP contribution in [0.3, 0.4) is 0 Å². The van der Waals surface area contributed by atoms with Gasteiger partial charge in [-0.15, -0.1) is 0 Å². The summed E-state index contributed by atoms with van der Waals surface area (Å²) in [6.07, 6.45) is 0.109. The van der Waals surface area contributed by atoms with E-state index in [1.54, 1.807) is 0 Å². The first-order chi connectivity index (χ1) is 14.8. The molecule has 2 aromatic rings. The fourth-order valence-corrected chi connectivity index (χ4v) is 4.09. The molecule has 0 unspecified atom stereocenters. The minimum atomic E-state index is -1.70. The minimum absolute atomic E-state index is 0.0376. The van der Waals surface area contributed by atoms with Gasteiger partial charge in [0.05, 0.1) is 11.8 Å². The maximum Gasteiger partial charge on any atom is 0.245 e. The van der Waals surface area contributed by atoms with Crippen LogP contribution in [0.15, 0.2) is 77.8 Å². The third-order valence-electron chi connectivity index (χ3n) is 5.52. The Morgan fingerprint density at radius 2 is 1.68 bits per heavy atom. The van der Waals surface area contributed by atoms with Crippen LogP contribution in [-0.4, -0.2) is 47.6 Å². The van der Waals surface area contributed by atoms with Crippen molar-refractivity contribution in [1.82, 2.24) is 4.90 Å². The lowest BCUT2D eigenvalue weighted by Gasteiger charge is -2.39. The summed E-state index contributed by atoms with van der Waals surface area (Å²) in [7, 11) is 3.08. The van der Waals surface area contributed by atoms with E-state index in [2.05, 4.69) is 12.6 Å². The average Bonchev–Trinajstić information content (AvgIpc) is 2.78. The van der Waals surface area contributed by atoms with Crippen molar-refractivity contribution in [3.63, 3.8) is 0 Å². The summed E-state index contributed by atoms with van der Waals surface area (Å²) in [5.41, 5.74) is 0.821. The Morgan fingerprint density at radius 1 is 1.16 bits per heavy atom. The van der Waals surface area contributed by atoms with E-state index in [0.717, 1.165) is 11.1 Å². The average molecular weight is 416 g/mol. The van der Waals surface area contributed by atoms with E-state index in [4.69, 9.17) is 4.99 Å². The molecule has 0 bridgehead atoms. The third kappa shape index (κ3) is 4.24. The number of carbonyl (C=O) groups is 1. The molecule has 3 atom stereocenters. The van der Waals surface area contributed by atoms with Crippen LogP contribution in [0.25, 0.3) is 0 Å². The fraction of sp³-hybridized carbons (Fsp3) is 0.292. The first kappa shape index (κ1) is 21.9. The SMILES string of the molecule is C=C1C[C@H]([N+](=O)[O-])[C@@H](N=C(c2ccccc2)c2ccccc2)[C@](C#N)(C(=O)N(C)C)C1.